The molecule has 1 aromatic rings. The minimum absolute atomic E-state index is 0.0757. The lowest BCUT2D eigenvalue weighted by Gasteiger charge is -2.40. The van der Waals surface area contributed by atoms with Crippen LogP contribution in [0.2, 0.25) is 0 Å². The Kier molecular flexibility index (Phi) is 16.0. The maximum absolute atomic E-state index is 14.6. The number of morpholine rings is 1. The van der Waals surface area contributed by atoms with Crippen LogP contribution in [0.5, 0.6) is 11.5 Å². The van der Waals surface area contributed by atoms with Crippen LogP contribution in [-0.4, -0.2) is 118 Å². The first-order valence-corrected chi connectivity index (χ1v) is 18.8. The van der Waals surface area contributed by atoms with Crippen molar-refractivity contribution in [2.45, 2.75) is 117 Å². The number of carbonyl (C=O) groups excluding carboxylic acids is 2. The van der Waals surface area contributed by atoms with Crippen molar-refractivity contribution in [2.75, 3.05) is 66.8 Å². The van der Waals surface area contributed by atoms with Crippen LogP contribution in [0.15, 0.2) is 18.2 Å². The molecular formula is C39H68N4O8. The fraction of sp³-hybridized carbons (Fsp3) is 0.795. The minimum atomic E-state index is -1.38. The Hall–Kier alpha value is -2.48. The molecule has 2 aliphatic heterocycles. The predicted octanol–water partition coefficient (Wildman–Crippen LogP) is 5.25. The van der Waals surface area contributed by atoms with Crippen molar-refractivity contribution in [1.29, 1.82) is 0 Å². The number of rotatable bonds is 18. The summed E-state index contributed by atoms with van der Waals surface area (Å²) in [5.74, 6) is 1.35. The molecule has 292 valence electrons. The zero-order valence-corrected chi connectivity index (χ0v) is 33.3. The first kappa shape index (κ1) is 42.9. The van der Waals surface area contributed by atoms with Crippen molar-refractivity contribution < 1.29 is 38.0 Å². The zero-order chi connectivity index (χ0) is 38.0. The Balaban J connectivity index is 1.84. The highest BCUT2D eigenvalue weighted by atomic mass is 16.6. The van der Waals surface area contributed by atoms with Crippen LogP contribution in [0.25, 0.3) is 0 Å². The first-order chi connectivity index (χ1) is 23.9. The summed E-state index contributed by atoms with van der Waals surface area (Å²) in [4.78, 5) is 31.6. The molecule has 2 heterocycles. The van der Waals surface area contributed by atoms with E-state index in [2.05, 4.69) is 36.2 Å². The maximum Gasteiger partial charge on any atom is 0.417 e. The van der Waals surface area contributed by atoms with Gasteiger partial charge in [0.05, 0.1) is 33.0 Å². The number of amides is 2. The molecule has 2 amide bonds. The van der Waals surface area contributed by atoms with E-state index >= 15 is 0 Å². The van der Waals surface area contributed by atoms with E-state index in [1.165, 1.54) is 4.90 Å². The summed E-state index contributed by atoms with van der Waals surface area (Å²) in [5, 5.41) is 3.70. The average molecular weight is 721 g/mol. The number of carbonyl (C=O) groups is 2. The van der Waals surface area contributed by atoms with Crippen molar-refractivity contribution >= 4 is 12.0 Å². The Bertz CT molecular complexity index is 1250. The molecule has 2 saturated heterocycles. The number of nitrogens with one attached hydrogen (secondary N) is 1. The normalized spacial score (nSPS) is 21.4. The van der Waals surface area contributed by atoms with Gasteiger partial charge in [0, 0.05) is 58.8 Å². The van der Waals surface area contributed by atoms with Crippen LogP contribution >= 0.6 is 0 Å². The van der Waals surface area contributed by atoms with Crippen LogP contribution in [0.1, 0.15) is 87.1 Å². The van der Waals surface area contributed by atoms with Crippen LogP contribution in [0.3, 0.4) is 0 Å². The second-order valence-corrected chi connectivity index (χ2v) is 16.3. The first-order valence-electron chi connectivity index (χ1n) is 18.8. The summed E-state index contributed by atoms with van der Waals surface area (Å²) in [7, 11) is 3.34. The van der Waals surface area contributed by atoms with Crippen molar-refractivity contribution in [2.24, 2.45) is 23.5 Å². The van der Waals surface area contributed by atoms with Crippen LogP contribution in [0.4, 0.5) is 4.79 Å². The van der Waals surface area contributed by atoms with Crippen molar-refractivity contribution in [3.05, 3.63) is 23.8 Å². The molecule has 0 unspecified atom stereocenters. The van der Waals surface area contributed by atoms with Crippen molar-refractivity contribution in [1.82, 2.24) is 15.1 Å². The molecule has 0 spiro atoms. The smallest absolute Gasteiger partial charge is 0.417 e. The summed E-state index contributed by atoms with van der Waals surface area (Å²) in [6.45, 7) is 22.3. The lowest BCUT2D eigenvalue weighted by molar-refractivity contribution is -0.140. The second-order valence-electron chi connectivity index (χ2n) is 16.3. The topological polar surface area (TPSA) is 134 Å². The Labute approximate surface area is 307 Å². The van der Waals surface area contributed by atoms with E-state index in [4.69, 9.17) is 34.2 Å². The molecule has 51 heavy (non-hydrogen) atoms. The molecule has 0 aromatic heterocycles. The van der Waals surface area contributed by atoms with Crippen molar-refractivity contribution in [3.8, 4) is 11.5 Å². The quantitative estimate of drug-likeness (QED) is 0.193. The van der Waals surface area contributed by atoms with Crippen LogP contribution < -0.4 is 20.5 Å². The Morgan fingerprint density at radius 2 is 1.76 bits per heavy atom. The fourth-order valence-electron chi connectivity index (χ4n) is 6.81. The molecule has 0 bridgehead atoms. The molecule has 1 aromatic carbocycles. The minimum Gasteiger partial charge on any atom is -0.493 e. The van der Waals surface area contributed by atoms with Crippen LogP contribution in [0, 0.1) is 17.8 Å². The predicted molar refractivity (Wildman–Crippen MR) is 199 cm³/mol. The van der Waals surface area contributed by atoms with E-state index in [0.29, 0.717) is 44.6 Å². The molecule has 12 nitrogen and oxygen atoms in total. The van der Waals surface area contributed by atoms with Gasteiger partial charge in [-0.3, -0.25) is 15.0 Å². The van der Waals surface area contributed by atoms with Gasteiger partial charge in [0.2, 0.25) is 0 Å². The van der Waals surface area contributed by atoms with E-state index in [1.807, 2.05) is 33.8 Å². The maximum atomic E-state index is 14.6. The lowest BCUT2D eigenvalue weighted by atomic mass is 9.77. The molecule has 12 heteroatoms. The second kappa shape index (κ2) is 19.0. The van der Waals surface area contributed by atoms with E-state index in [-0.39, 0.29) is 36.9 Å². The number of ether oxygens (including phenoxy) is 6. The third kappa shape index (κ3) is 12.9. The van der Waals surface area contributed by atoms with Gasteiger partial charge in [0.25, 0.3) is 5.91 Å². The summed E-state index contributed by atoms with van der Waals surface area (Å²) in [5.41, 5.74) is 5.55. The third-order valence-corrected chi connectivity index (χ3v) is 9.97. The Morgan fingerprint density at radius 3 is 2.35 bits per heavy atom. The van der Waals surface area contributed by atoms with Gasteiger partial charge in [-0.15, -0.1) is 0 Å². The number of nitrogens with two attached hydrogens (primary N) is 1. The fourth-order valence-corrected chi connectivity index (χ4v) is 6.81. The van der Waals surface area contributed by atoms with E-state index in [0.717, 1.165) is 43.7 Å². The van der Waals surface area contributed by atoms with Gasteiger partial charge in [0.15, 0.2) is 11.5 Å². The van der Waals surface area contributed by atoms with Gasteiger partial charge in [-0.25, -0.2) is 9.69 Å². The molecular weight excluding hydrogens is 652 g/mol. The van der Waals surface area contributed by atoms with E-state index < -0.39 is 28.9 Å². The highest BCUT2D eigenvalue weighted by molar-refractivity contribution is 5.98. The monoisotopic (exact) mass is 721 g/mol. The molecule has 4 atom stereocenters. The van der Waals surface area contributed by atoms with Gasteiger partial charge in [-0.1, -0.05) is 33.8 Å². The number of nitrogens with zero attached hydrogens (tertiary/aromatic N) is 2. The molecule has 0 aliphatic carbocycles. The summed E-state index contributed by atoms with van der Waals surface area (Å²) < 4.78 is 34.7. The van der Waals surface area contributed by atoms with Gasteiger partial charge >= 0.3 is 6.09 Å². The lowest BCUT2D eigenvalue weighted by Crippen LogP contribution is -2.63. The number of hydrogen-bond donors (Lipinski definition) is 2. The molecule has 2 fully saturated rings. The summed E-state index contributed by atoms with van der Waals surface area (Å²) in [6, 6.07) is 6.06. The molecule has 0 radical (unpaired) electrons. The summed E-state index contributed by atoms with van der Waals surface area (Å²) >= 11 is 0. The number of imide groups is 1. The highest BCUT2D eigenvalue weighted by Crippen LogP contribution is 2.37. The number of methoxy groups -OCH3 is 2. The van der Waals surface area contributed by atoms with E-state index in [9.17, 15) is 9.59 Å². The van der Waals surface area contributed by atoms with Crippen molar-refractivity contribution in [3.63, 3.8) is 0 Å². The van der Waals surface area contributed by atoms with Gasteiger partial charge in [-0.2, -0.15) is 0 Å². The van der Waals surface area contributed by atoms with E-state index in [1.54, 1.807) is 35.0 Å². The molecule has 2 aliphatic rings. The molecule has 3 N–H and O–H groups in total. The third-order valence-electron chi connectivity index (χ3n) is 9.97. The van der Waals surface area contributed by atoms with Gasteiger partial charge in [-0.05, 0) is 82.9 Å². The van der Waals surface area contributed by atoms with Gasteiger partial charge < -0.3 is 34.2 Å². The number of benzene rings is 1. The number of hydrogen-bond acceptors (Lipinski definition) is 11. The average Bonchev–Trinajstić information content (AvgIpc) is 3.33. The van der Waals surface area contributed by atoms with Crippen LogP contribution in [-0.2, 0) is 30.2 Å². The highest BCUT2D eigenvalue weighted by Gasteiger charge is 2.50. The molecule has 3 rings (SSSR count). The standard InChI is InChI=1S/C39H68N4O8/c1-27(2)30(23-29-13-14-32(47-11)33(24-29)49-20-12-19-46-10)25-31-34(50-38(8,9)41-31)26-39(40,28(3)4)35(44)43(36(45)51-37(5,6)7)16-15-42-17-21-48-22-18-42/h13-14,24,27-28,30-31,34,41H,12,15-23,25-26,40H2,1-11H3/t30-,31-,34-,39-/m0/s1. The largest absolute Gasteiger partial charge is 0.493 e. The molecule has 0 saturated carbocycles. The van der Waals surface area contributed by atoms with Gasteiger partial charge in [0.1, 0.15) is 16.9 Å². The SMILES string of the molecule is COCCCOc1cc(C[C@@H](C[C@@H]2NC(C)(C)O[C@H]2C[C@@](N)(C(=O)N(CCN2CCOCC2)C(=O)OC(C)(C)C)C(C)C)C(C)C)ccc1OC. The zero-order valence-electron chi connectivity index (χ0n) is 33.3. The summed E-state index contributed by atoms with van der Waals surface area (Å²) in [6.07, 6.45) is 1.61. The Morgan fingerprint density at radius 1 is 1.08 bits per heavy atom.